The molecule has 7 heteroatoms. The SMILES string of the molecule is C=CCN(CCO)S(=O)(=O)c1cc(C)c(CN)s1. The summed E-state index contributed by atoms with van der Waals surface area (Å²) in [7, 11) is -3.57. The lowest BCUT2D eigenvalue weighted by molar-refractivity contribution is 0.260. The Bertz CT molecular complexity index is 508. The predicted molar refractivity (Wildman–Crippen MR) is 73.0 cm³/mol. The highest BCUT2D eigenvalue weighted by Crippen LogP contribution is 2.28. The van der Waals surface area contributed by atoms with Crippen molar-refractivity contribution in [3.63, 3.8) is 0 Å². The smallest absolute Gasteiger partial charge is 0.252 e. The lowest BCUT2D eigenvalue weighted by Gasteiger charge is -2.18. The maximum absolute atomic E-state index is 12.3. The summed E-state index contributed by atoms with van der Waals surface area (Å²) in [6.45, 7) is 5.70. The Morgan fingerprint density at radius 1 is 1.61 bits per heavy atom. The van der Waals surface area contributed by atoms with Gasteiger partial charge in [-0.3, -0.25) is 0 Å². The summed E-state index contributed by atoms with van der Waals surface area (Å²) in [6.07, 6.45) is 1.50. The summed E-state index contributed by atoms with van der Waals surface area (Å²) in [5.74, 6) is 0. The van der Waals surface area contributed by atoms with E-state index in [9.17, 15) is 8.42 Å². The van der Waals surface area contributed by atoms with Crippen molar-refractivity contribution in [1.82, 2.24) is 4.31 Å². The van der Waals surface area contributed by atoms with Crippen LogP contribution in [0.5, 0.6) is 0 Å². The molecule has 0 aliphatic rings. The van der Waals surface area contributed by atoms with Crippen LogP contribution in [-0.2, 0) is 16.6 Å². The largest absolute Gasteiger partial charge is 0.395 e. The number of thiophene rings is 1. The van der Waals surface area contributed by atoms with Gasteiger partial charge in [-0.1, -0.05) is 6.08 Å². The highest BCUT2D eigenvalue weighted by Gasteiger charge is 2.25. The normalized spacial score (nSPS) is 12.0. The lowest BCUT2D eigenvalue weighted by Crippen LogP contribution is -2.33. The van der Waals surface area contributed by atoms with Crippen LogP contribution in [0.3, 0.4) is 0 Å². The van der Waals surface area contributed by atoms with Crippen LogP contribution in [-0.4, -0.2) is 37.5 Å². The molecule has 1 heterocycles. The van der Waals surface area contributed by atoms with E-state index in [1.165, 1.54) is 21.7 Å². The zero-order valence-electron chi connectivity index (χ0n) is 10.3. The maximum atomic E-state index is 12.3. The van der Waals surface area contributed by atoms with Gasteiger partial charge >= 0.3 is 0 Å². The molecule has 0 aromatic carbocycles. The predicted octanol–water partition coefficient (Wildman–Crippen LogP) is 0.684. The number of nitrogens with zero attached hydrogens (tertiary/aromatic N) is 1. The number of hydrogen-bond donors (Lipinski definition) is 2. The fourth-order valence-corrected chi connectivity index (χ4v) is 4.54. The number of aliphatic hydroxyl groups is 1. The van der Waals surface area contributed by atoms with Crippen LogP contribution in [0.2, 0.25) is 0 Å². The molecule has 0 radical (unpaired) electrons. The van der Waals surface area contributed by atoms with Gasteiger partial charge in [-0.05, 0) is 18.6 Å². The molecule has 5 nitrogen and oxygen atoms in total. The molecule has 0 unspecified atom stereocenters. The summed E-state index contributed by atoms with van der Waals surface area (Å²) in [6, 6.07) is 1.62. The first-order valence-corrected chi connectivity index (χ1v) is 7.74. The topological polar surface area (TPSA) is 83.6 Å². The standard InChI is InChI=1S/C11H18N2O3S2/c1-3-4-13(5-6-14)18(15,16)11-7-9(2)10(8-12)17-11/h3,7,14H,1,4-6,8,12H2,2H3. The van der Waals surface area contributed by atoms with Crippen molar-refractivity contribution in [2.75, 3.05) is 19.7 Å². The van der Waals surface area contributed by atoms with E-state index in [4.69, 9.17) is 10.8 Å². The summed E-state index contributed by atoms with van der Waals surface area (Å²) >= 11 is 1.18. The molecule has 0 bridgehead atoms. The molecule has 0 saturated carbocycles. The van der Waals surface area contributed by atoms with Crippen LogP contribution in [0, 0.1) is 6.92 Å². The van der Waals surface area contributed by atoms with Crippen LogP contribution in [0.25, 0.3) is 0 Å². The monoisotopic (exact) mass is 290 g/mol. The van der Waals surface area contributed by atoms with Gasteiger partial charge in [-0.2, -0.15) is 4.31 Å². The van der Waals surface area contributed by atoms with E-state index in [0.29, 0.717) is 6.54 Å². The zero-order chi connectivity index (χ0) is 13.8. The van der Waals surface area contributed by atoms with Gasteiger partial charge in [0, 0.05) is 24.5 Å². The minimum Gasteiger partial charge on any atom is -0.395 e. The second kappa shape index (κ2) is 6.44. The molecule has 0 spiro atoms. The molecule has 0 aliphatic heterocycles. The van der Waals surface area contributed by atoms with E-state index in [0.717, 1.165) is 10.4 Å². The van der Waals surface area contributed by atoms with E-state index < -0.39 is 10.0 Å². The van der Waals surface area contributed by atoms with Gasteiger partial charge in [0.1, 0.15) is 4.21 Å². The van der Waals surface area contributed by atoms with Crippen LogP contribution in [0.4, 0.5) is 0 Å². The summed E-state index contributed by atoms with van der Waals surface area (Å²) in [4.78, 5) is 0.858. The first-order valence-electron chi connectivity index (χ1n) is 5.48. The average molecular weight is 290 g/mol. The van der Waals surface area contributed by atoms with E-state index in [1.807, 2.05) is 6.92 Å². The lowest BCUT2D eigenvalue weighted by atomic mass is 10.3. The molecule has 18 heavy (non-hydrogen) atoms. The Morgan fingerprint density at radius 2 is 2.28 bits per heavy atom. The van der Waals surface area contributed by atoms with Crippen molar-refractivity contribution in [3.8, 4) is 0 Å². The molecular formula is C11H18N2O3S2. The van der Waals surface area contributed by atoms with Gasteiger partial charge in [0.2, 0.25) is 0 Å². The quantitative estimate of drug-likeness (QED) is 0.724. The van der Waals surface area contributed by atoms with Crippen LogP contribution >= 0.6 is 11.3 Å². The van der Waals surface area contributed by atoms with Crippen molar-refractivity contribution in [2.24, 2.45) is 5.73 Å². The van der Waals surface area contributed by atoms with Crippen molar-refractivity contribution < 1.29 is 13.5 Å². The molecule has 3 N–H and O–H groups in total. The third-order valence-electron chi connectivity index (χ3n) is 2.46. The Balaban J connectivity index is 3.12. The van der Waals surface area contributed by atoms with Crippen molar-refractivity contribution in [3.05, 3.63) is 29.2 Å². The van der Waals surface area contributed by atoms with Crippen molar-refractivity contribution in [2.45, 2.75) is 17.7 Å². The number of nitrogens with two attached hydrogens (primary N) is 1. The number of aryl methyl sites for hydroxylation is 1. The number of rotatable bonds is 7. The van der Waals surface area contributed by atoms with Crippen molar-refractivity contribution >= 4 is 21.4 Å². The van der Waals surface area contributed by atoms with E-state index in [1.54, 1.807) is 6.07 Å². The zero-order valence-corrected chi connectivity index (χ0v) is 11.9. The van der Waals surface area contributed by atoms with Gasteiger partial charge in [0.25, 0.3) is 10.0 Å². The van der Waals surface area contributed by atoms with Gasteiger partial charge in [-0.25, -0.2) is 8.42 Å². The number of sulfonamides is 1. The molecule has 0 amide bonds. The van der Waals surface area contributed by atoms with Crippen LogP contribution in [0.15, 0.2) is 22.9 Å². The molecule has 0 aliphatic carbocycles. The van der Waals surface area contributed by atoms with Crippen LogP contribution in [0.1, 0.15) is 10.4 Å². The fraction of sp³-hybridized carbons (Fsp3) is 0.455. The van der Waals surface area contributed by atoms with E-state index >= 15 is 0 Å². The van der Waals surface area contributed by atoms with Gasteiger partial charge < -0.3 is 10.8 Å². The Labute approximate surface area is 112 Å². The van der Waals surface area contributed by atoms with Crippen LogP contribution < -0.4 is 5.73 Å². The Kier molecular flexibility index (Phi) is 5.48. The second-order valence-electron chi connectivity index (χ2n) is 3.75. The Hall–Kier alpha value is -0.730. The number of hydrogen-bond acceptors (Lipinski definition) is 5. The average Bonchev–Trinajstić information content (AvgIpc) is 2.71. The van der Waals surface area contributed by atoms with E-state index in [2.05, 4.69) is 6.58 Å². The summed E-state index contributed by atoms with van der Waals surface area (Å²) in [5.41, 5.74) is 6.42. The molecule has 0 fully saturated rings. The van der Waals surface area contributed by atoms with Gasteiger partial charge in [-0.15, -0.1) is 17.9 Å². The minimum atomic E-state index is -3.57. The highest BCUT2D eigenvalue weighted by atomic mass is 32.2. The molecule has 1 rings (SSSR count). The summed E-state index contributed by atoms with van der Waals surface area (Å²) < 4.78 is 26.1. The summed E-state index contributed by atoms with van der Waals surface area (Å²) in [5, 5.41) is 8.92. The first-order chi connectivity index (χ1) is 8.47. The first kappa shape index (κ1) is 15.3. The highest BCUT2D eigenvalue weighted by molar-refractivity contribution is 7.91. The molecule has 1 aromatic heterocycles. The number of aliphatic hydroxyl groups excluding tert-OH is 1. The molecule has 0 atom stereocenters. The molecule has 102 valence electrons. The van der Waals surface area contributed by atoms with Gasteiger partial charge in [0.05, 0.1) is 6.61 Å². The molecular weight excluding hydrogens is 272 g/mol. The maximum Gasteiger partial charge on any atom is 0.252 e. The minimum absolute atomic E-state index is 0.0588. The molecule has 1 aromatic rings. The Morgan fingerprint density at radius 3 is 2.72 bits per heavy atom. The third kappa shape index (κ3) is 3.18. The molecule has 0 saturated heterocycles. The fourth-order valence-electron chi connectivity index (χ4n) is 1.51. The third-order valence-corrected chi connectivity index (χ3v) is 6.03. The van der Waals surface area contributed by atoms with Crippen molar-refractivity contribution in [1.29, 1.82) is 0 Å². The second-order valence-corrected chi connectivity index (χ2v) is 7.05. The van der Waals surface area contributed by atoms with Gasteiger partial charge in [0.15, 0.2) is 0 Å². The van der Waals surface area contributed by atoms with E-state index in [-0.39, 0.29) is 23.9 Å².